The zero-order valence-corrected chi connectivity index (χ0v) is 11.0. The maximum absolute atomic E-state index is 11.2. The molecule has 1 aromatic carbocycles. The molecule has 1 atom stereocenters. The van der Waals surface area contributed by atoms with Gasteiger partial charge in [0.1, 0.15) is 6.04 Å². The van der Waals surface area contributed by atoms with Gasteiger partial charge in [-0.15, -0.1) is 0 Å². The van der Waals surface area contributed by atoms with Gasteiger partial charge in [-0.2, -0.15) is 0 Å². The zero-order valence-electron chi connectivity index (χ0n) is 11.0. The first-order chi connectivity index (χ1) is 9.27. The molecule has 1 aromatic rings. The van der Waals surface area contributed by atoms with Crippen molar-refractivity contribution in [2.75, 3.05) is 19.8 Å². The van der Waals surface area contributed by atoms with Crippen LogP contribution in [0.5, 0.6) is 0 Å². The van der Waals surface area contributed by atoms with E-state index < -0.39 is 12.0 Å². The Bertz CT molecular complexity index is 390. The number of aliphatic carboxylic acids is 1. The van der Waals surface area contributed by atoms with E-state index in [2.05, 4.69) is 5.32 Å². The third kappa shape index (κ3) is 5.01. The van der Waals surface area contributed by atoms with Gasteiger partial charge < -0.3 is 15.2 Å². The van der Waals surface area contributed by atoms with Crippen molar-refractivity contribution in [1.82, 2.24) is 5.32 Å². The molecule has 1 aliphatic carbocycles. The molecule has 1 saturated carbocycles. The smallest absolute Gasteiger partial charge is 0.325 e. The fraction of sp³-hybridized carbons (Fsp3) is 0.533. The summed E-state index contributed by atoms with van der Waals surface area (Å²) < 4.78 is 5.52. The van der Waals surface area contributed by atoms with Crippen LogP contribution >= 0.6 is 0 Å². The number of ether oxygens (including phenoxy) is 1. The average Bonchev–Trinajstić information content (AvgIpc) is 3.22. The van der Waals surface area contributed by atoms with E-state index in [-0.39, 0.29) is 0 Å². The van der Waals surface area contributed by atoms with E-state index in [0.29, 0.717) is 13.2 Å². The van der Waals surface area contributed by atoms with Gasteiger partial charge in [0.05, 0.1) is 0 Å². The number of carbonyl (C=O) groups is 1. The van der Waals surface area contributed by atoms with Crippen LogP contribution in [-0.4, -0.2) is 30.8 Å². The maximum Gasteiger partial charge on any atom is 0.325 e. The summed E-state index contributed by atoms with van der Waals surface area (Å²) in [5.41, 5.74) is 0.786. The summed E-state index contributed by atoms with van der Waals surface area (Å²) in [6.45, 7) is 2.21. The van der Waals surface area contributed by atoms with Gasteiger partial charge in [-0.05, 0) is 37.3 Å². The van der Waals surface area contributed by atoms with Gasteiger partial charge >= 0.3 is 5.97 Å². The van der Waals surface area contributed by atoms with Crippen molar-refractivity contribution in [2.24, 2.45) is 5.92 Å². The monoisotopic (exact) mass is 263 g/mol. The van der Waals surface area contributed by atoms with Gasteiger partial charge in [-0.1, -0.05) is 30.3 Å². The average molecular weight is 263 g/mol. The largest absolute Gasteiger partial charge is 0.480 e. The van der Waals surface area contributed by atoms with Gasteiger partial charge in [0.15, 0.2) is 0 Å². The van der Waals surface area contributed by atoms with E-state index in [4.69, 9.17) is 4.74 Å². The highest BCUT2D eigenvalue weighted by Crippen LogP contribution is 2.28. The molecule has 0 heterocycles. The van der Waals surface area contributed by atoms with E-state index in [1.165, 1.54) is 12.8 Å². The van der Waals surface area contributed by atoms with Gasteiger partial charge in [0, 0.05) is 13.2 Å². The SMILES string of the molecule is O=C(O)C(NCCCOCC1CC1)c1ccccc1. The summed E-state index contributed by atoms with van der Waals surface area (Å²) in [5, 5.41) is 12.3. The fourth-order valence-electron chi connectivity index (χ4n) is 1.95. The Morgan fingerprint density at radius 3 is 2.74 bits per heavy atom. The van der Waals surface area contributed by atoms with Gasteiger partial charge in [0.2, 0.25) is 0 Å². The molecule has 2 rings (SSSR count). The van der Waals surface area contributed by atoms with Crippen molar-refractivity contribution < 1.29 is 14.6 Å². The van der Waals surface area contributed by atoms with Gasteiger partial charge in [-0.3, -0.25) is 4.79 Å². The van der Waals surface area contributed by atoms with Crippen LogP contribution in [0, 0.1) is 5.92 Å². The van der Waals surface area contributed by atoms with Crippen molar-refractivity contribution >= 4 is 5.97 Å². The molecule has 0 radical (unpaired) electrons. The fourth-order valence-corrected chi connectivity index (χ4v) is 1.95. The molecule has 2 N–H and O–H groups in total. The number of nitrogens with one attached hydrogen (secondary N) is 1. The van der Waals surface area contributed by atoms with Crippen molar-refractivity contribution in [3.63, 3.8) is 0 Å². The summed E-state index contributed by atoms with van der Waals surface area (Å²) in [6, 6.07) is 8.61. The van der Waals surface area contributed by atoms with Crippen LogP contribution in [0.3, 0.4) is 0 Å². The summed E-state index contributed by atoms with van der Waals surface area (Å²) in [6.07, 6.45) is 3.43. The first-order valence-corrected chi connectivity index (χ1v) is 6.86. The molecule has 0 amide bonds. The molecule has 4 heteroatoms. The molecule has 0 aliphatic heterocycles. The van der Waals surface area contributed by atoms with E-state index in [1.54, 1.807) is 0 Å². The number of hydrogen-bond donors (Lipinski definition) is 2. The van der Waals surface area contributed by atoms with Crippen LogP contribution < -0.4 is 5.32 Å². The lowest BCUT2D eigenvalue weighted by Crippen LogP contribution is -2.29. The lowest BCUT2D eigenvalue weighted by Gasteiger charge is -2.14. The Balaban J connectivity index is 1.67. The van der Waals surface area contributed by atoms with Crippen molar-refractivity contribution in [3.8, 4) is 0 Å². The topological polar surface area (TPSA) is 58.6 Å². The Morgan fingerprint density at radius 1 is 1.37 bits per heavy atom. The summed E-state index contributed by atoms with van der Waals surface area (Å²) in [4.78, 5) is 11.2. The molecule has 19 heavy (non-hydrogen) atoms. The second kappa shape index (κ2) is 7.26. The molecule has 1 fully saturated rings. The maximum atomic E-state index is 11.2. The number of rotatable bonds is 9. The standard InChI is InChI=1S/C15H21NO3/c17-15(18)14(13-5-2-1-3-6-13)16-9-4-10-19-11-12-7-8-12/h1-3,5-6,12,14,16H,4,7-11H2,(H,17,18). The highest BCUT2D eigenvalue weighted by atomic mass is 16.5. The molecular weight excluding hydrogens is 242 g/mol. The van der Waals surface area contributed by atoms with Crippen LogP contribution in [0.1, 0.15) is 30.9 Å². The van der Waals surface area contributed by atoms with Crippen molar-refractivity contribution in [1.29, 1.82) is 0 Å². The molecule has 4 nitrogen and oxygen atoms in total. The third-order valence-corrected chi connectivity index (χ3v) is 3.24. The van der Waals surface area contributed by atoms with Crippen LogP contribution in [0.2, 0.25) is 0 Å². The Kier molecular flexibility index (Phi) is 5.36. The number of carboxylic acid groups (broad SMARTS) is 1. The minimum Gasteiger partial charge on any atom is -0.480 e. The van der Waals surface area contributed by atoms with E-state index in [9.17, 15) is 9.90 Å². The van der Waals surface area contributed by atoms with Crippen LogP contribution in [0.4, 0.5) is 0 Å². The first kappa shape index (κ1) is 14.0. The normalized spacial score (nSPS) is 16.2. The van der Waals surface area contributed by atoms with Crippen LogP contribution in [0.15, 0.2) is 30.3 Å². The minimum atomic E-state index is -0.843. The van der Waals surface area contributed by atoms with Gasteiger partial charge in [-0.25, -0.2) is 0 Å². The first-order valence-electron chi connectivity index (χ1n) is 6.86. The minimum absolute atomic E-state index is 0.635. The Morgan fingerprint density at radius 2 is 2.11 bits per heavy atom. The highest BCUT2D eigenvalue weighted by molar-refractivity contribution is 5.75. The molecule has 1 aliphatic rings. The van der Waals surface area contributed by atoms with E-state index in [1.807, 2.05) is 30.3 Å². The predicted molar refractivity (Wildman–Crippen MR) is 73.0 cm³/mol. The molecule has 1 unspecified atom stereocenters. The lowest BCUT2D eigenvalue weighted by atomic mass is 10.1. The highest BCUT2D eigenvalue weighted by Gasteiger charge is 2.21. The third-order valence-electron chi connectivity index (χ3n) is 3.24. The molecule has 0 spiro atoms. The Hall–Kier alpha value is -1.39. The van der Waals surface area contributed by atoms with Crippen LogP contribution in [-0.2, 0) is 9.53 Å². The lowest BCUT2D eigenvalue weighted by molar-refractivity contribution is -0.139. The van der Waals surface area contributed by atoms with E-state index >= 15 is 0 Å². The molecule has 0 aromatic heterocycles. The molecule has 0 bridgehead atoms. The van der Waals surface area contributed by atoms with Crippen LogP contribution in [0.25, 0.3) is 0 Å². The number of hydrogen-bond acceptors (Lipinski definition) is 3. The molecule has 0 saturated heterocycles. The van der Waals surface area contributed by atoms with Crippen molar-refractivity contribution in [2.45, 2.75) is 25.3 Å². The summed E-state index contributed by atoms with van der Waals surface area (Å²) >= 11 is 0. The second-order valence-electron chi connectivity index (χ2n) is 5.01. The quantitative estimate of drug-likeness (QED) is 0.671. The summed E-state index contributed by atoms with van der Waals surface area (Å²) in [5.74, 6) is -0.0610. The summed E-state index contributed by atoms with van der Waals surface area (Å²) in [7, 11) is 0. The Labute approximate surface area is 113 Å². The molecule has 104 valence electrons. The number of benzene rings is 1. The van der Waals surface area contributed by atoms with Crippen molar-refractivity contribution in [3.05, 3.63) is 35.9 Å². The second-order valence-corrected chi connectivity index (χ2v) is 5.01. The van der Waals surface area contributed by atoms with Gasteiger partial charge in [0.25, 0.3) is 0 Å². The number of carboxylic acids is 1. The molecular formula is C15H21NO3. The predicted octanol–water partition coefficient (Wildman–Crippen LogP) is 2.22. The van der Waals surface area contributed by atoms with E-state index in [0.717, 1.165) is 24.5 Å². The zero-order chi connectivity index (χ0) is 13.5.